The van der Waals surface area contributed by atoms with E-state index in [-0.39, 0.29) is 11.3 Å². The molecule has 0 fully saturated rings. The molecular weight excluding hydrogens is 410 g/mol. The molecule has 0 saturated heterocycles. The molecule has 1 aromatic heterocycles. The Morgan fingerprint density at radius 3 is 2.48 bits per heavy atom. The molecule has 0 saturated carbocycles. The first-order valence-corrected chi connectivity index (χ1v) is 11.9. The number of imidazole rings is 1. The lowest BCUT2D eigenvalue weighted by Gasteiger charge is -2.19. The number of nitrogens with one attached hydrogen (secondary N) is 1. The number of benzene rings is 2. The zero-order chi connectivity index (χ0) is 23.8. The smallest absolute Gasteiger partial charge is 0.246 e. The summed E-state index contributed by atoms with van der Waals surface area (Å²) in [4.78, 5) is 16.4. The number of unbranched alkanes of at least 4 members (excludes halogenated alkanes) is 2. The van der Waals surface area contributed by atoms with Crippen LogP contribution >= 0.6 is 0 Å². The molecule has 3 rings (SSSR count). The molecule has 0 aliphatic carbocycles. The average molecular weight is 448 g/mol. The van der Waals surface area contributed by atoms with Gasteiger partial charge in [-0.3, -0.25) is 4.79 Å². The summed E-state index contributed by atoms with van der Waals surface area (Å²) >= 11 is 0. The standard InChI is InChI=1S/C28H37N3O2/c1-21(2)27(32)29-18-10-6-7-13-26-30-24-11-8-9-12-25(24)31(26)19-20-33-23-16-14-22(15-17-23)28(3,4)5/h8-9,11-12,14-17H,1,6-7,10,13,18-20H2,2-5H3,(H,29,32). The second-order valence-electron chi connectivity index (χ2n) is 9.64. The van der Waals surface area contributed by atoms with Gasteiger partial charge in [-0.15, -0.1) is 0 Å². The van der Waals surface area contributed by atoms with Crippen molar-refractivity contribution in [1.29, 1.82) is 0 Å². The molecule has 0 radical (unpaired) electrons. The minimum absolute atomic E-state index is 0.0650. The van der Waals surface area contributed by atoms with Crippen molar-refractivity contribution in [3.63, 3.8) is 0 Å². The topological polar surface area (TPSA) is 56.2 Å². The number of para-hydroxylation sites is 2. The summed E-state index contributed by atoms with van der Waals surface area (Å²) in [5, 5.41) is 2.89. The number of ether oxygens (including phenoxy) is 1. The van der Waals surface area contributed by atoms with Gasteiger partial charge in [-0.2, -0.15) is 0 Å². The summed E-state index contributed by atoms with van der Waals surface area (Å²) in [5.41, 5.74) is 4.16. The largest absolute Gasteiger partial charge is 0.492 e. The summed E-state index contributed by atoms with van der Waals surface area (Å²) in [6.45, 7) is 14.1. The maximum Gasteiger partial charge on any atom is 0.246 e. The van der Waals surface area contributed by atoms with Crippen LogP contribution in [-0.2, 0) is 23.2 Å². The van der Waals surface area contributed by atoms with Crippen LogP contribution in [0, 0.1) is 0 Å². The first-order chi connectivity index (χ1) is 15.8. The molecule has 0 spiro atoms. The second-order valence-corrected chi connectivity index (χ2v) is 9.64. The summed E-state index contributed by atoms with van der Waals surface area (Å²) < 4.78 is 8.33. The van der Waals surface area contributed by atoms with Crippen LogP contribution in [0.3, 0.4) is 0 Å². The van der Waals surface area contributed by atoms with E-state index in [2.05, 4.69) is 79.7 Å². The highest BCUT2D eigenvalue weighted by Gasteiger charge is 2.13. The molecule has 33 heavy (non-hydrogen) atoms. The van der Waals surface area contributed by atoms with E-state index >= 15 is 0 Å². The third-order valence-corrected chi connectivity index (χ3v) is 5.79. The van der Waals surface area contributed by atoms with E-state index in [1.807, 2.05) is 6.07 Å². The molecule has 0 unspecified atom stereocenters. The first kappa shape index (κ1) is 24.6. The zero-order valence-electron chi connectivity index (χ0n) is 20.5. The molecule has 2 aromatic carbocycles. The Morgan fingerprint density at radius 1 is 1.06 bits per heavy atom. The van der Waals surface area contributed by atoms with Gasteiger partial charge in [0.25, 0.3) is 0 Å². The molecule has 1 N–H and O–H groups in total. The molecule has 5 heteroatoms. The first-order valence-electron chi connectivity index (χ1n) is 11.9. The Labute approximate surface area is 197 Å². The summed E-state index contributed by atoms with van der Waals surface area (Å²) in [6, 6.07) is 16.7. The van der Waals surface area contributed by atoms with E-state index in [0.717, 1.165) is 54.8 Å². The predicted molar refractivity (Wildman–Crippen MR) is 136 cm³/mol. The Balaban J connectivity index is 1.55. The quantitative estimate of drug-likeness (QED) is 0.298. The Bertz CT molecular complexity index is 1070. The maximum atomic E-state index is 11.6. The normalized spacial score (nSPS) is 11.5. The molecule has 0 aliphatic rings. The number of aryl methyl sites for hydroxylation is 1. The monoisotopic (exact) mass is 447 g/mol. The van der Waals surface area contributed by atoms with Crippen LogP contribution in [0.15, 0.2) is 60.7 Å². The number of hydrogen-bond donors (Lipinski definition) is 1. The van der Waals surface area contributed by atoms with E-state index in [9.17, 15) is 4.79 Å². The number of carbonyl (C=O) groups is 1. The molecule has 0 bridgehead atoms. The molecule has 1 heterocycles. The van der Waals surface area contributed by atoms with E-state index in [0.29, 0.717) is 18.7 Å². The Hall–Kier alpha value is -3.08. The summed E-state index contributed by atoms with van der Waals surface area (Å²) in [6.07, 6.45) is 3.92. The Morgan fingerprint density at radius 2 is 1.79 bits per heavy atom. The van der Waals surface area contributed by atoms with Gasteiger partial charge in [0, 0.05) is 18.5 Å². The van der Waals surface area contributed by atoms with Crippen LogP contribution in [0.1, 0.15) is 58.3 Å². The van der Waals surface area contributed by atoms with Gasteiger partial charge in [-0.1, -0.05) is 58.0 Å². The van der Waals surface area contributed by atoms with Gasteiger partial charge in [0.05, 0.1) is 17.6 Å². The molecule has 1 amide bonds. The fourth-order valence-electron chi connectivity index (χ4n) is 3.81. The number of fused-ring (bicyclic) bond motifs is 1. The van der Waals surface area contributed by atoms with Gasteiger partial charge < -0.3 is 14.6 Å². The fraction of sp³-hybridized carbons (Fsp3) is 0.429. The number of rotatable bonds is 11. The summed E-state index contributed by atoms with van der Waals surface area (Å²) in [5.74, 6) is 1.92. The number of nitrogens with zero attached hydrogens (tertiary/aromatic N) is 2. The zero-order valence-corrected chi connectivity index (χ0v) is 20.5. The molecule has 0 aliphatic heterocycles. The van der Waals surface area contributed by atoms with Crippen molar-refractivity contribution in [3.05, 3.63) is 72.1 Å². The maximum absolute atomic E-state index is 11.6. The van der Waals surface area contributed by atoms with Gasteiger partial charge in [0.1, 0.15) is 18.2 Å². The van der Waals surface area contributed by atoms with Crippen molar-refractivity contribution in [2.75, 3.05) is 13.2 Å². The molecule has 5 nitrogen and oxygen atoms in total. The van der Waals surface area contributed by atoms with Gasteiger partial charge in [0.2, 0.25) is 5.91 Å². The van der Waals surface area contributed by atoms with Gasteiger partial charge >= 0.3 is 0 Å². The number of carbonyl (C=O) groups excluding carboxylic acids is 1. The average Bonchev–Trinajstić information content (AvgIpc) is 3.13. The van der Waals surface area contributed by atoms with E-state index < -0.39 is 0 Å². The molecule has 176 valence electrons. The van der Waals surface area contributed by atoms with Crippen molar-refractivity contribution >= 4 is 16.9 Å². The second kappa shape index (κ2) is 11.2. The molecule has 0 atom stereocenters. The van der Waals surface area contributed by atoms with Gasteiger partial charge in [0.15, 0.2) is 0 Å². The van der Waals surface area contributed by atoms with E-state index in [1.54, 1.807) is 6.92 Å². The van der Waals surface area contributed by atoms with Crippen LogP contribution in [0.4, 0.5) is 0 Å². The van der Waals surface area contributed by atoms with Crippen LogP contribution in [0.5, 0.6) is 5.75 Å². The lowest BCUT2D eigenvalue weighted by molar-refractivity contribution is -0.117. The van der Waals surface area contributed by atoms with Crippen LogP contribution in [0.2, 0.25) is 0 Å². The van der Waals surface area contributed by atoms with Crippen LogP contribution in [0.25, 0.3) is 11.0 Å². The van der Waals surface area contributed by atoms with Gasteiger partial charge in [-0.05, 0) is 55.0 Å². The third-order valence-electron chi connectivity index (χ3n) is 5.79. The van der Waals surface area contributed by atoms with Crippen molar-refractivity contribution in [2.45, 2.75) is 65.3 Å². The van der Waals surface area contributed by atoms with Crippen LogP contribution < -0.4 is 10.1 Å². The highest BCUT2D eigenvalue weighted by Crippen LogP contribution is 2.24. The predicted octanol–water partition coefficient (Wildman–Crippen LogP) is 5.82. The highest BCUT2D eigenvalue weighted by atomic mass is 16.5. The van der Waals surface area contributed by atoms with E-state index in [1.165, 1.54) is 5.56 Å². The van der Waals surface area contributed by atoms with Crippen molar-refractivity contribution in [1.82, 2.24) is 14.9 Å². The highest BCUT2D eigenvalue weighted by molar-refractivity contribution is 5.92. The van der Waals surface area contributed by atoms with Gasteiger partial charge in [-0.25, -0.2) is 4.98 Å². The van der Waals surface area contributed by atoms with Crippen molar-refractivity contribution in [2.24, 2.45) is 0 Å². The number of hydrogen-bond acceptors (Lipinski definition) is 3. The minimum atomic E-state index is -0.0650. The fourth-order valence-corrected chi connectivity index (χ4v) is 3.81. The van der Waals surface area contributed by atoms with Crippen molar-refractivity contribution < 1.29 is 9.53 Å². The van der Waals surface area contributed by atoms with Crippen LogP contribution in [-0.4, -0.2) is 28.6 Å². The number of amides is 1. The summed E-state index contributed by atoms with van der Waals surface area (Å²) in [7, 11) is 0. The minimum Gasteiger partial charge on any atom is -0.492 e. The Kier molecular flexibility index (Phi) is 8.32. The van der Waals surface area contributed by atoms with Crippen molar-refractivity contribution in [3.8, 4) is 5.75 Å². The molecular formula is C28H37N3O2. The number of aromatic nitrogens is 2. The molecule has 3 aromatic rings. The lowest BCUT2D eigenvalue weighted by Crippen LogP contribution is -2.24. The lowest BCUT2D eigenvalue weighted by atomic mass is 9.87. The SMILES string of the molecule is C=C(C)C(=O)NCCCCCc1nc2ccccc2n1CCOc1ccc(C(C)(C)C)cc1. The van der Waals surface area contributed by atoms with E-state index in [4.69, 9.17) is 9.72 Å². The third kappa shape index (κ3) is 6.95.